The lowest BCUT2D eigenvalue weighted by atomic mass is 10.1. The zero-order valence-corrected chi connectivity index (χ0v) is 11.3. The van der Waals surface area contributed by atoms with Crippen molar-refractivity contribution in [3.8, 4) is 5.75 Å². The van der Waals surface area contributed by atoms with Gasteiger partial charge in [-0.15, -0.1) is 0 Å². The number of ketones is 1. The van der Waals surface area contributed by atoms with Gasteiger partial charge in [-0.05, 0) is 19.1 Å². The van der Waals surface area contributed by atoms with Crippen molar-refractivity contribution in [2.75, 3.05) is 26.1 Å². The maximum absolute atomic E-state index is 11.9. The summed E-state index contributed by atoms with van der Waals surface area (Å²) in [4.78, 5) is 25.3. The van der Waals surface area contributed by atoms with Gasteiger partial charge in [0.05, 0.1) is 12.5 Å². The zero-order valence-electron chi connectivity index (χ0n) is 11.3. The van der Waals surface area contributed by atoms with Gasteiger partial charge in [0, 0.05) is 25.8 Å². The van der Waals surface area contributed by atoms with E-state index in [-0.39, 0.29) is 17.1 Å². The van der Waals surface area contributed by atoms with E-state index in [0.29, 0.717) is 11.0 Å². The Labute approximate surface area is 110 Å². The standard InChI is InChI=1S/C14H15NO4/c1-8(16)12-13(18-4)10-6-5-9(15(2)3)7-11(10)19-14(12)17/h5-7H,1-4H3. The molecule has 0 spiro atoms. The zero-order chi connectivity index (χ0) is 14.2. The van der Waals surface area contributed by atoms with Crippen molar-refractivity contribution >= 4 is 22.4 Å². The lowest BCUT2D eigenvalue weighted by molar-refractivity contribution is 0.101. The van der Waals surface area contributed by atoms with Crippen LogP contribution in [-0.2, 0) is 0 Å². The number of ether oxygens (including phenoxy) is 1. The van der Waals surface area contributed by atoms with E-state index in [4.69, 9.17) is 9.15 Å². The second kappa shape index (κ2) is 4.76. The largest absolute Gasteiger partial charge is 0.495 e. The number of Topliss-reactive ketones (excluding diaryl/α,β-unsaturated/α-hetero) is 1. The van der Waals surface area contributed by atoms with Gasteiger partial charge in [-0.25, -0.2) is 4.79 Å². The smallest absolute Gasteiger partial charge is 0.351 e. The van der Waals surface area contributed by atoms with E-state index in [1.165, 1.54) is 14.0 Å². The number of carbonyl (C=O) groups excluding carboxylic acids is 1. The van der Waals surface area contributed by atoms with E-state index in [9.17, 15) is 9.59 Å². The van der Waals surface area contributed by atoms with Crippen LogP contribution in [0.25, 0.3) is 11.0 Å². The quantitative estimate of drug-likeness (QED) is 0.625. The molecule has 0 saturated carbocycles. The van der Waals surface area contributed by atoms with Crippen LogP contribution in [0.15, 0.2) is 27.4 Å². The molecule has 0 unspecified atom stereocenters. The summed E-state index contributed by atoms with van der Waals surface area (Å²) in [6.07, 6.45) is 0. The lowest BCUT2D eigenvalue weighted by Crippen LogP contribution is -2.14. The van der Waals surface area contributed by atoms with Crippen molar-refractivity contribution in [2.24, 2.45) is 0 Å². The van der Waals surface area contributed by atoms with Crippen LogP contribution in [0.5, 0.6) is 5.75 Å². The highest BCUT2D eigenvalue weighted by Gasteiger charge is 2.19. The minimum atomic E-state index is -0.673. The van der Waals surface area contributed by atoms with Gasteiger partial charge in [-0.3, -0.25) is 4.79 Å². The number of carbonyl (C=O) groups is 1. The van der Waals surface area contributed by atoms with Gasteiger partial charge in [-0.1, -0.05) is 0 Å². The number of nitrogens with zero attached hydrogens (tertiary/aromatic N) is 1. The molecular weight excluding hydrogens is 246 g/mol. The number of hydrogen-bond donors (Lipinski definition) is 0. The Balaban J connectivity index is 2.85. The lowest BCUT2D eigenvalue weighted by Gasteiger charge is -2.14. The average Bonchev–Trinajstić information content (AvgIpc) is 2.35. The second-order valence-corrected chi connectivity index (χ2v) is 4.43. The van der Waals surface area contributed by atoms with E-state index in [1.807, 2.05) is 25.1 Å². The highest BCUT2D eigenvalue weighted by atomic mass is 16.5. The molecule has 5 nitrogen and oxygen atoms in total. The Morgan fingerprint density at radius 3 is 2.53 bits per heavy atom. The Kier molecular flexibility index (Phi) is 3.29. The number of benzene rings is 1. The van der Waals surface area contributed by atoms with Crippen LogP contribution in [0.3, 0.4) is 0 Å². The van der Waals surface area contributed by atoms with Crippen molar-refractivity contribution in [1.29, 1.82) is 0 Å². The molecule has 0 fully saturated rings. The number of anilines is 1. The van der Waals surface area contributed by atoms with Crippen LogP contribution in [0, 0.1) is 0 Å². The van der Waals surface area contributed by atoms with E-state index >= 15 is 0 Å². The molecule has 0 aliphatic heterocycles. The Bertz CT molecular complexity index is 700. The van der Waals surface area contributed by atoms with Crippen molar-refractivity contribution < 1.29 is 13.9 Å². The second-order valence-electron chi connectivity index (χ2n) is 4.43. The molecule has 19 heavy (non-hydrogen) atoms. The fourth-order valence-electron chi connectivity index (χ4n) is 1.96. The predicted molar refractivity (Wildman–Crippen MR) is 73.4 cm³/mol. The molecule has 1 aromatic heterocycles. The maximum Gasteiger partial charge on any atom is 0.351 e. The molecule has 0 radical (unpaired) electrons. The van der Waals surface area contributed by atoms with Gasteiger partial charge in [-0.2, -0.15) is 0 Å². The molecule has 0 saturated heterocycles. The van der Waals surface area contributed by atoms with Gasteiger partial charge >= 0.3 is 5.63 Å². The molecule has 100 valence electrons. The minimum Gasteiger partial charge on any atom is -0.495 e. The Hall–Kier alpha value is -2.30. The average molecular weight is 261 g/mol. The van der Waals surface area contributed by atoms with E-state index in [2.05, 4.69) is 0 Å². The SMILES string of the molecule is COc1c(C(C)=O)c(=O)oc2cc(N(C)C)ccc12. The first kappa shape index (κ1) is 13.1. The fourth-order valence-corrected chi connectivity index (χ4v) is 1.96. The summed E-state index contributed by atoms with van der Waals surface area (Å²) in [6.45, 7) is 1.31. The van der Waals surface area contributed by atoms with E-state index < -0.39 is 5.63 Å². The molecule has 5 heteroatoms. The molecule has 0 aliphatic carbocycles. The van der Waals surface area contributed by atoms with Crippen LogP contribution in [0.4, 0.5) is 5.69 Å². The number of rotatable bonds is 3. The number of hydrogen-bond acceptors (Lipinski definition) is 5. The van der Waals surface area contributed by atoms with E-state index in [0.717, 1.165) is 5.69 Å². The molecule has 1 heterocycles. The Morgan fingerprint density at radius 2 is 2.00 bits per heavy atom. The van der Waals surface area contributed by atoms with Gasteiger partial charge in [0.1, 0.15) is 16.9 Å². The molecule has 0 amide bonds. The van der Waals surface area contributed by atoms with Crippen molar-refractivity contribution in [3.05, 3.63) is 34.2 Å². The van der Waals surface area contributed by atoms with Crippen molar-refractivity contribution in [1.82, 2.24) is 0 Å². The summed E-state index contributed by atoms with van der Waals surface area (Å²) in [6, 6.07) is 5.39. The normalized spacial score (nSPS) is 10.5. The molecule has 0 bridgehead atoms. The molecular formula is C14H15NO4. The van der Waals surface area contributed by atoms with Crippen LogP contribution in [0.1, 0.15) is 17.3 Å². The summed E-state index contributed by atoms with van der Waals surface area (Å²) >= 11 is 0. The Morgan fingerprint density at radius 1 is 1.32 bits per heavy atom. The van der Waals surface area contributed by atoms with Crippen LogP contribution in [-0.4, -0.2) is 27.0 Å². The molecule has 1 aromatic carbocycles. The van der Waals surface area contributed by atoms with Crippen LogP contribution < -0.4 is 15.3 Å². The third kappa shape index (κ3) is 2.19. The summed E-state index contributed by atoms with van der Waals surface area (Å²) < 4.78 is 10.4. The fraction of sp³-hybridized carbons (Fsp3) is 0.286. The summed E-state index contributed by atoms with van der Waals surface area (Å²) in [5.74, 6) is -0.103. The third-order valence-corrected chi connectivity index (χ3v) is 2.92. The van der Waals surface area contributed by atoms with E-state index in [1.54, 1.807) is 12.1 Å². The molecule has 2 aromatic rings. The monoisotopic (exact) mass is 261 g/mol. The van der Waals surface area contributed by atoms with Crippen LogP contribution >= 0.6 is 0 Å². The van der Waals surface area contributed by atoms with Gasteiger partial charge < -0.3 is 14.1 Å². The highest BCUT2D eigenvalue weighted by molar-refractivity contribution is 6.02. The summed E-state index contributed by atoms with van der Waals surface area (Å²) in [5, 5.41) is 0.609. The summed E-state index contributed by atoms with van der Waals surface area (Å²) in [7, 11) is 5.21. The highest BCUT2D eigenvalue weighted by Crippen LogP contribution is 2.30. The summed E-state index contributed by atoms with van der Waals surface area (Å²) in [5.41, 5.74) is 0.576. The topological polar surface area (TPSA) is 59.8 Å². The van der Waals surface area contributed by atoms with Crippen molar-refractivity contribution in [3.63, 3.8) is 0 Å². The van der Waals surface area contributed by atoms with Gasteiger partial charge in [0.2, 0.25) is 0 Å². The number of fused-ring (bicyclic) bond motifs is 1. The predicted octanol–water partition coefficient (Wildman–Crippen LogP) is 2.07. The first-order valence-corrected chi connectivity index (χ1v) is 5.78. The third-order valence-electron chi connectivity index (χ3n) is 2.92. The first-order valence-electron chi connectivity index (χ1n) is 5.78. The van der Waals surface area contributed by atoms with Crippen LogP contribution in [0.2, 0.25) is 0 Å². The first-order chi connectivity index (χ1) is 8.95. The maximum atomic E-state index is 11.9. The molecule has 0 atom stereocenters. The molecule has 0 aliphatic rings. The number of methoxy groups -OCH3 is 1. The molecule has 0 N–H and O–H groups in total. The van der Waals surface area contributed by atoms with Gasteiger partial charge in [0.25, 0.3) is 0 Å². The van der Waals surface area contributed by atoms with Crippen molar-refractivity contribution in [2.45, 2.75) is 6.92 Å². The minimum absolute atomic E-state index is 0.0485. The van der Waals surface area contributed by atoms with Gasteiger partial charge in [0.15, 0.2) is 5.78 Å². The molecule has 2 rings (SSSR count).